The lowest BCUT2D eigenvalue weighted by Gasteiger charge is -2.26. The molecule has 0 aromatic heterocycles. The predicted octanol–water partition coefficient (Wildman–Crippen LogP) is 3.17. The van der Waals surface area contributed by atoms with Crippen molar-refractivity contribution >= 4 is 41.8 Å². The van der Waals surface area contributed by atoms with Gasteiger partial charge in [0.2, 0.25) is 10.0 Å². The lowest BCUT2D eigenvalue weighted by atomic mass is 9.90. The fraction of sp³-hybridized carbons (Fsp3) is 0.333. The number of hydrogen-bond donors (Lipinski definition) is 0. The summed E-state index contributed by atoms with van der Waals surface area (Å²) >= 11 is 3.31. The Hall–Kier alpha value is -2.55. The summed E-state index contributed by atoms with van der Waals surface area (Å²) in [5.74, 6) is -0.837. The van der Waals surface area contributed by atoms with Crippen LogP contribution in [-0.2, 0) is 24.3 Å². The minimum atomic E-state index is -4.28. The van der Waals surface area contributed by atoms with Crippen molar-refractivity contribution in [2.45, 2.75) is 23.0 Å². The predicted molar refractivity (Wildman–Crippen MR) is 121 cm³/mol. The van der Waals surface area contributed by atoms with Gasteiger partial charge in [-0.05, 0) is 29.3 Å². The number of sulfonamides is 1. The van der Waals surface area contributed by atoms with Crippen LogP contribution in [0.4, 0.5) is 5.69 Å². The van der Waals surface area contributed by atoms with Crippen molar-refractivity contribution in [3.05, 3.63) is 79.1 Å². The standard InChI is InChI=1S/C18H18BrN5O7S2/c1-32(27,28)31-16(10-21-22-20)18(12-6-8-13(19)9-7-12)15-11-23(15)33(29,30)17-5-3-2-4-14(17)24(25)26/h2-9,15-16,18H,10-11H2,1H3/t15-,16-,18+,23?/m1/s1. The first-order valence-corrected chi connectivity index (χ1v) is 13.4. The van der Waals surface area contributed by atoms with Crippen molar-refractivity contribution in [2.75, 3.05) is 19.3 Å². The second-order valence-corrected chi connectivity index (χ2v) is 11.6. The van der Waals surface area contributed by atoms with E-state index >= 15 is 0 Å². The number of nitro groups is 1. The molecule has 2 aromatic rings. The number of nitrogens with zero attached hydrogens (tertiary/aromatic N) is 5. The van der Waals surface area contributed by atoms with Gasteiger partial charge in [0.1, 0.15) is 0 Å². The van der Waals surface area contributed by atoms with Crippen molar-refractivity contribution < 1.29 is 25.9 Å². The number of hydrogen-bond acceptors (Lipinski definition) is 8. The molecule has 0 saturated carbocycles. The third-order valence-corrected chi connectivity index (χ3v) is 8.01. The van der Waals surface area contributed by atoms with Crippen molar-refractivity contribution in [2.24, 2.45) is 5.11 Å². The van der Waals surface area contributed by atoms with Gasteiger partial charge in [-0.3, -0.25) is 14.3 Å². The first kappa shape index (κ1) is 25.1. The van der Waals surface area contributed by atoms with Gasteiger partial charge in [0.25, 0.3) is 15.8 Å². The fourth-order valence-electron chi connectivity index (χ4n) is 3.57. The molecule has 12 nitrogen and oxygen atoms in total. The molecule has 1 heterocycles. The minimum Gasteiger partial charge on any atom is -0.266 e. The molecule has 0 bridgehead atoms. The topological polar surface area (TPSA) is 172 Å². The van der Waals surface area contributed by atoms with E-state index in [-0.39, 0.29) is 13.1 Å². The second-order valence-electron chi connectivity index (χ2n) is 7.20. The van der Waals surface area contributed by atoms with Crippen molar-refractivity contribution in [3.63, 3.8) is 0 Å². The Kier molecular flexibility index (Phi) is 7.41. The SMILES string of the molecule is CS(=O)(=O)O[C@H](CN=[N+]=[N-])[C@@H](c1ccc(Br)cc1)[C@H]1CN1S(=O)(=O)c1ccccc1[N+](=O)[O-]. The van der Waals surface area contributed by atoms with Crippen LogP contribution in [-0.4, -0.2) is 57.6 Å². The van der Waals surface area contributed by atoms with Gasteiger partial charge >= 0.3 is 0 Å². The summed E-state index contributed by atoms with van der Waals surface area (Å²) in [6.07, 6.45) is -0.364. The maximum atomic E-state index is 13.2. The molecule has 1 fully saturated rings. The number of benzene rings is 2. The molecule has 0 spiro atoms. The summed E-state index contributed by atoms with van der Waals surface area (Å²) < 4.78 is 57.2. The van der Waals surface area contributed by atoms with E-state index in [2.05, 4.69) is 26.0 Å². The molecule has 1 saturated heterocycles. The number of para-hydroxylation sites is 1. The number of nitro benzene ring substituents is 1. The maximum absolute atomic E-state index is 13.2. The van der Waals surface area contributed by atoms with E-state index < -0.39 is 53.7 Å². The van der Waals surface area contributed by atoms with E-state index in [0.717, 1.165) is 27.2 Å². The van der Waals surface area contributed by atoms with E-state index in [0.29, 0.717) is 5.56 Å². The molecule has 4 atom stereocenters. The second kappa shape index (κ2) is 9.75. The first-order chi connectivity index (χ1) is 15.5. The van der Waals surface area contributed by atoms with Gasteiger partial charge in [0.15, 0.2) is 4.90 Å². The van der Waals surface area contributed by atoms with Crippen LogP contribution in [0.3, 0.4) is 0 Å². The molecule has 0 N–H and O–H groups in total. The molecule has 0 radical (unpaired) electrons. The molecule has 33 heavy (non-hydrogen) atoms. The van der Waals surface area contributed by atoms with Crippen LogP contribution in [0.2, 0.25) is 0 Å². The van der Waals surface area contributed by atoms with Crippen LogP contribution in [0, 0.1) is 10.1 Å². The van der Waals surface area contributed by atoms with Gasteiger partial charge in [-0.1, -0.05) is 45.3 Å². The van der Waals surface area contributed by atoms with Crippen LogP contribution in [0.25, 0.3) is 10.4 Å². The molecular weight excluding hydrogens is 542 g/mol. The third-order valence-electron chi connectivity index (χ3n) is 4.95. The van der Waals surface area contributed by atoms with E-state index in [1.807, 2.05) is 0 Å². The molecule has 1 unspecified atom stereocenters. The first-order valence-electron chi connectivity index (χ1n) is 9.35. The molecule has 176 valence electrons. The zero-order valence-electron chi connectivity index (χ0n) is 17.1. The average Bonchev–Trinajstić information content (AvgIpc) is 3.53. The van der Waals surface area contributed by atoms with Crippen LogP contribution in [0.5, 0.6) is 0 Å². The lowest BCUT2D eigenvalue weighted by molar-refractivity contribution is -0.387. The minimum absolute atomic E-state index is 0.0327. The summed E-state index contributed by atoms with van der Waals surface area (Å²) in [7, 11) is -8.27. The van der Waals surface area contributed by atoms with E-state index in [1.54, 1.807) is 24.3 Å². The number of rotatable bonds is 10. The zero-order valence-corrected chi connectivity index (χ0v) is 20.3. The average molecular weight is 560 g/mol. The Morgan fingerprint density at radius 1 is 1.24 bits per heavy atom. The van der Waals surface area contributed by atoms with Gasteiger partial charge in [-0.2, -0.15) is 12.7 Å². The molecule has 0 aliphatic carbocycles. The summed E-state index contributed by atoms with van der Waals surface area (Å²) in [4.78, 5) is 12.8. The Morgan fingerprint density at radius 2 is 1.88 bits per heavy atom. The van der Waals surface area contributed by atoms with Gasteiger partial charge in [-0.15, -0.1) is 0 Å². The van der Waals surface area contributed by atoms with E-state index in [1.165, 1.54) is 12.1 Å². The molecule has 3 rings (SSSR count). The lowest BCUT2D eigenvalue weighted by Crippen LogP contribution is -2.33. The van der Waals surface area contributed by atoms with E-state index in [9.17, 15) is 26.9 Å². The van der Waals surface area contributed by atoms with E-state index in [4.69, 9.17) is 9.71 Å². The van der Waals surface area contributed by atoms with Gasteiger partial charge in [0.05, 0.1) is 23.8 Å². The fourth-order valence-corrected chi connectivity index (χ4v) is 6.21. The third kappa shape index (κ3) is 5.88. The van der Waals surface area contributed by atoms with Gasteiger partial charge < -0.3 is 0 Å². The molecule has 2 aromatic carbocycles. The van der Waals surface area contributed by atoms with Crippen LogP contribution in [0.1, 0.15) is 11.5 Å². The number of halogens is 1. The van der Waals surface area contributed by atoms with Crippen molar-refractivity contribution in [1.29, 1.82) is 0 Å². The Morgan fingerprint density at radius 3 is 2.45 bits per heavy atom. The Labute approximate surface area is 198 Å². The van der Waals surface area contributed by atoms with Crippen molar-refractivity contribution in [3.8, 4) is 0 Å². The Balaban J connectivity index is 2.05. The summed E-state index contributed by atoms with van der Waals surface area (Å²) in [5, 5.41) is 14.8. The smallest absolute Gasteiger partial charge is 0.266 e. The molecular formula is C18H18BrN5O7S2. The quantitative estimate of drug-likeness (QED) is 0.0816. The number of azide groups is 1. The Bertz CT molecular complexity index is 1310. The zero-order chi connectivity index (χ0) is 24.4. The molecule has 1 aliphatic heterocycles. The van der Waals surface area contributed by atoms with Crippen molar-refractivity contribution in [1.82, 2.24) is 4.31 Å². The highest BCUT2D eigenvalue weighted by Gasteiger charge is 2.53. The molecule has 0 amide bonds. The van der Waals surface area contributed by atoms with Gasteiger partial charge in [0, 0.05) is 34.0 Å². The maximum Gasteiger partial charge on any atom is 0.289 e. The highest BCUT2D eigenvalue weighted by molar-refractivity contribution is 9.10. The highest BCUT2D eigenvalue weighted by atomic mass is 79.9. The monoisotopic (exact) mass is 559 g/mol. The van der Waals surface area contributed by atoms with Crippen LogP contribution >= 0.6 is 15.9 Å². The van der Waals surface area contributed by atoms with Gasteiger partial charge in [-0.25, -0.2) is 8.42 Å². The normalized spacial score (nSPS) is 19.8. The summed E-state index contributed by atoms with van der Waals surface area (Å²) in [6.45, 7) is -0.408. The highest BCUT2D eigenvalue weighted by Crippen LogP contribution is 2.42. The summed E-state index contributed by atoms with van der Waals surface area (Å²) in [5.41, 5.74) is 8.72. The largest absolute Gasteiger partial charge is 0.289 e. The molecule has 1 aliphatic rings. The van der Waals surface area contributed by atoms with Crippen LogP contribution < -0.4 is 0 Å². The van der Waals surface area contributed by atoms with Crippen LogP contribution in [0.15, 0.2) is 63.0 Å². The summed E-state index contributed by atoms with van der Waals surface area (Å²) in [6, 6.07) is 10.9. The molecule has 15 heteroatoms.